The zero-order valence-corrected chi connectivity index (χ0v) is 10.3. The monoisotopic (exact) mass is 251 g/mol. The third-order valence-corrected chi connectivity index (χ3v) is 3.57. The molecule has 0 amide bonds. The van der Waals surface area contributed by atoms with E-state index in [0.29, 0.717) is 11.1 Å². The molecule has 1 aliphatic rings. The minimum absolute atomic E-state index is 0.210. The Labute approximate surface area is 104 Å². The summed E-state index contributed by atoms with van der Waals surface area (Å²) in [7, 11) is 0. The van der Waals surface area contributed by atoms with E-state index >= 15 is 0 Å². The van der Waals surface area contributed by atoms with Gasteiger partial charge in [-0.3, -0.25) is 5.10 Å². The molecule has 0 saturated carbocycles. The molecule has 2 aromatic heterocycles. The molecular formula is C11H14ClN5. The van der Waals surface area contributed by atoms with Gasteiger partial charge in [0.25, 0.3) is 0 Å². The molecule has 0 aliphatic carbocycles. The van der Waals surface area contributed by atoms with Crippen LogP contribution in [0.1, 0.15) is 6.92 Å². The van der Waals surface area contributed by atoms with Crippen LogP contribution in [-0.4, -0.2) is 34.3 Å². The van der Waals surface area contributed by atoms with Gasteiger partial charge >= 0.3 is 0 Å². The molecule has 0 spiro atoms. The van der Waals surface area contributed by atoms with Gasteiger partial charge in [-0.25, -0.2) is 4.98 Å². The van der Waals surface area contributed by atoms with Gasteiger partial charge in [0, 0.05) is 31.4 Å². The van der Waals surface area contributed by atoms with E-state index in [1.54, 1.807) is 12.3 Å². The van der Waals surface area contributed by atoms with Crippen LogP contribution in [-0.2, 0) is 0 Å². The average molecular weight is 252 g/mol. The highest BCUT2D eigenvalue weighted by Gasteiger charge is 2.28. The van der Waals surface area contributed by atoms with Crippen LogP contribution in [0.2, 0.25) is 5.15 Å². The Morgan fingerprint density at radius 1 is 1.53 bits per heavy atom. The quantitative estimate of drug-likeness (QED) is 0.752. The topological polar surface area (TPSA) is 70.8 Å². The summed E-state index contributed by atoms with van der Waals surface area (Å²) in [5.74, 6) is 1.41. The summed E-state index contributed by atoms with van der Waals surface area (Å²) in [5, 5.41) is 8.78. The molecule has 1 aliphatic heterocycles. The molecule has 5 nitrogen and oxygen atoms in total. The Morgan fingerprint density at radius 2 is 2.35 bits per heavy atom. The van der Waals surface area contributed by atoms with Crippen LogP contribution in [0.15, 0.2) is 12.3 Å². The molecule has 1 fully saturated rings. The fourth-order valence-corrected chi connectivity index (χ4v) is 2.44. The Kier molecular flexibility index (Phi) is 2.45. The number of rotatable bonds is 1. The van der Waals surface area contributed by atoms with Gasteiger partial charge in [0.2, 0.25) is 0 Å². The Hall–Kier alpha value is -1.33. The summed E-state index contributed by atoms with van der Waals surface area (Å²) in [4.78, 5) is 6.30. The Balaban J connectivity index is 2.01. The number of H-pyrrole nitrogens is 1. The number of halogens is 1. The van der Waals surface area contributed by atoms with Gasteiger partial charge in [0.1, 0.15) is 5.15 Å². The number of nitrogens with zero attached hydrogens (tertiary/aromatic N) is 3. The SMILES string of the molecule is CC1CN(c2n[nH]c3cc(Cl)ncc23)CC1N. The number of hydrogen-bond acceptors (Lipinski definition) is 4. The summed E-state index contributed by atoms with van der Waals surface area (Å²) < 4.78 is 0. The third-order valence-electron chi connectivity index (χ3n) is 3.36. The van der Waals surface area contributed by atoms with E-state index in [0.717, 1.165) is 29.8 Å². The number of pyridine rings is 1. The minimum atomic E-state index is 0.210. The highest BCUT2D eigenvalue weighted by Crippen LogP contribution is 2.28. The molecule has 3 N–H and O–H groups in total. The van der Waals surface area contributed by atoms with Gasteiger partial charge in [-0.05, 0) is 5.92 Å². The second kappa shape index (κ2) is 3.85. The lowest BCUT2D eigenvalue weighted by Gasteiger charge is -2.14. The molecule has 90 valence electrons. The lowest BCUT2D eigenvalue weighted by Crippen LogP contribution is -2.28. The van der Waals surface area contributed by atoms with Crippen molar-refractivity contribution in [3.8, 4) is 0 Å². The second-order valence-electron chi connectivity index (χ2n) is 4.65. The van der Waals surface area contributed by atoms with Crippen molar-refractivity contribution in [2.45, 2.75) is 13.0 Å². The van der Waals surface area contributed by atoms with Crippen LogP contribution in [0.5, 0.6) is 0 Å². The minimum Gasteiger partial charge on any atom is -0.353 e. The first-order chi connectivity index (χ1) is 8.15. The van der Waals surface area contributed by atoms with Crippen molar-refractivity contribution in [1.82, 2.24) is 15.2 Å². The summed E-state index contributed by atoms with van der Waals surface area (Å²) >= 11 is 5.84. The van der Waals surface area contributed by atoms with Crippen molar-refractivity contribution in [3.05, 3.63) is 17.4 Å². The molecule has 6 heteroatoms. The molecule has 1 saturated heterocycles. The van der Waals surface area contributed by atoms with Crippen molar-refractivity contribution in [1.29, 1.82) is 0 Å². The van der Waals surface area contributed by atoms with E-state index in [-0.39, 0.29) is 6.04 Å². The maximum absolute atomic E-state index is 6.03. The number of hydrogen-bond donors (Lipinski definition) is 2. The van der Waals surface area contributed by atoms with E-state index in [9.17, 15) is 0 Å². The van der Waals surface area contributed by atoms with Crippen LogP contribution in [0.3, 0.4) is 0 Å². The number of nitrogens with two attached hydrogens (primary N) is 1. The maximum atomic E-state index is 6.03. The first kappa shape index (κ1) is 10.8. The first-order valence-corrected chi connectivity index (χ1v) is 6.03. The molecule has 17 heavy (non-hydrogen) atoms. The van der Waals surface area contributed by atoms with Crippen molar-refractivity contribution < 1.29 is 0 Å². The molecule has 0 bridgehead atoms. The van der Waals surface area contributed by atoms with E-state index < -0.39 is 0 Å². The molecule has 0 aromatic carbocycles. The first-order valence-electron chi connectivity index (χ1n) is 5.65. The van der Waals surface area contributed by atoms with Crippen molar-refractivity contribution in [3.63, 3.8) is 0 Å². The predicted octanol–water partition coefficient (Wildman–Crippen LogP) is 1.39. The fraction of sp³-hybridized carbons (Fsp3) is 0.455. The number of aromatic nitrogens is 3. The lowest BCUT2D eigenvalue weighted by atomic mass is 10.1. The summed E-state index contributed by atoms with van der Waals surface area (Å²) in [5.41, 5.74) is 6.94. The number of aromatic amines is 1. The molecule has 2 unspecified atom stereocenters. The van der Waals surface area contributed by atoms with Crippen molar-refractivity contribution in [2.24, 2.45) is 11.7 Å². The van der Waals surface area contributed by atoms with Crippen molar-refractivity contribution >= 4 is 28.3 Å². The number of fused-ring (bicyclic) bond motifs is 1. The largest absolute Gasteiger partial charge is 0.353 e. The molecule has 3 heterocycles. The van der Waals surface area contributed by atoms with Crippen LogP contribution in [0.4, 0.5) is 5.82 Å². The van der Waals surface area contributed by atoms with Gasteiger partial charge in [-0.15, -0.1) is 0 Å². The molecule has 2 atom stereocenters. The highest BCUT2D eigenvalue weighted by molar-refractivity contribution is 6.30. The Morgan fingerprint density at radius 3 is 3.06 bits per heavy atom. The third kappa shape index (κ3) is 1.75. The van der Waals surface area contributed by atoms with Gasteiger partial charge in [0.05, 0.1) is 10.9 Å². The number of anilines is 1. The van der Waals surface area contributed by atoms with E-state index in [2.05, 4.69) is 27.0 Å². The van der Waals surface area contributed by atoms with Gasteiger partial charge < -0.3 is 10.6 Å². The van der Waals surface area contributed by atoms with Gasteiger partial charge in [0.15, 0.2) is 5.82 Å². The zero-order valence-electron chi connectivity index (χ0n) is 9.52. The smallest absolute Gasteiger partial charge is 0.159 e. The van der Waals surface area contributed by atoms with Crippen LogP contribution < -0.4 is 10.6 Å². The van der Waals surface area contributed by atoms with Gasteiger partial charge in [-0.1, -0.05) is 18.5 Å². The summed E-state index contributed by atoms with van der Waals surface area (Å²) in [6.07, 6.45) is 1.75. The predicted molar refractivity (Wildman–Crippen MR) is 68.3 cm³/mol. The molecule has 0 radical (unpaired) electrons. The second-order valence-corrected chi connectivity index (χ2v) is 5.03. The molecule has 3 rings (SSSR count). The Bertz CT molecular complexity index is 542. The van der Waals surface area contributed by atoms with Crippen LogP contribution in [0.25, 0.3) is 10.9 Å². The maximum Gasteiger partial charge on any atom is 0.159 e. The molecule has 2 aromatic rings. The van der Waals surface area contributed by atoms with Crippen LogP contribution in [0, 0.1) is 5.92 Å². The highest BCUT2D eigenvalue weighted by atomic mass is 35.5. The van der Waals surface area contributed by atoms with Gasteiger partial charge in [-0.2, -0.15) is 5.10 Å². The normalized spacial score (nSPS) is 24.8. The standard InChI is InChI=1S/C11H14ClN5/c1-6-4-17(5-8(6)13)11-7-3-14-10(12)2-9(7)15-16-11/h2-3,6,8H,4-5,13H2,1H3,(H,15,16). The zero-order chi connectivity index (χ0) is 12.0. The van der Waals surface area contributed by atoms with Crippen molar-refractivity contribution in [2.75, 3.05) is 18.0 Å². The number of nitrogens with one attached hydrogen (secondary N) is 1. The van der Waals surface area contributed by atoms with E-state index in [4.69, 9.17) is 17.3 Å². The fourth-order valence-electron chi connectivity index (χ4n) is 2.28. The lowest BCUT2D eigenvalue weighted by molar-refractivity contribution is 0.566. The van der Waals surface area contributed by atoms with E-state index in [1.165, 1.54) is 0 Å². The summed E-state index contributed by atoms with van der Waals surface area (Å²) in [6.45, 7) is 3.93. The summed E-state index contributed by atoms with van der Waals surface area (Å²) in [6, 6.07) is 1.99. The molecular weight excluding hydrogens is 238 g/mol. The average Bonchev–Trinajstić information content (AvgIpc) is 2.83. The van der Waals surface area contributed by atoms with E-state index in [1.807, 2.05) is 0 Å². The van der Waals surface area contributed by atoms with Crippen LogP contribution >= 0.6 is 11.6 Å².